The Balaban J connectivity index is 0.00000242. The van der Waals surface area contributed by atoms with Crippen LogP contribution >= 0.6 is 24.0 Å². The Kier molecular flexibility index (Phi) is 6.53. The van der Waals surface area contributed by atoms with Gasteiger partial charge in [-0.3, -0.25) is 15.1 Å². The fourth-order valence-electron chi connectivity index (χ4n) is 1.91. The van der Waals surface area contributed by atoms with Gasteiger partial charge in [0.2, 0.25) is 0 Å². The molecule has 0 bridgehead atoms. The molecule has 0 saturated carbocycles. The lowest BCUT2D eigenvalue weighted by Crippen LogP contribution is -2.38. The summed E-state index contributed by atoms with van der Waals surface area (Å²) in [6, 6.07) is 4.89. The molecule has 122 valence electrons. The van der Waals surface area contributed by atoms with Crippen LogP contribution in [0.3, 0.4) is 0 Å². The molecule has 0 amide bonds. The SMILES string of the molecule is CN1CCN=C1NCCS(=O)(=O)c1ccc([N+](=O)[O-])cc1.I. The molecule has 1 aliphatic heterocycles. The minimum absolute atomic E-state index is 0. The topological polar surface area (TPSA) is 105 Å². The third-order valence-corrected chi connectivity index (χ3v) is 4.85. The number of guanidine groups is 1. The van der Waals surface area contributed by atoms with E-state index >= 15 is 0 Å². The van der Waals surface area contributed by atoms with Crippen molar-refractivity contribution in [3.63, 3.8) is 0 Å². The third-order valence-electron chi connectivity index (χ3n) is 3.12. The van der Waals surface area contributed by atoms with Crippen molar-refractivity contribution < 1.29 is 13.3 Å². The number of nitro groups is 1. The summed E-state index contributed by atoms with van der Waals surface area (Å²) in [5, 5.41) is 13.5. The Hall–Kier alpha value is -1.43. The molecule has 0 saturated heterocycles. The molecule has 0 aliphatic carbocycles. The molecule has 1 aromatic carbocycles. The highest BCUT2D eigenvalue weighted by atomic mass is 127. The number of nitrogens with zero attached hydrogens (tertiary/aromatic N) is 3. The lowest BCUT2D eigenvalue weighted by Gasteiger charge is -2.15. The Morgan fingerprint density at radius 1 is 1.36 bits per heavy atom. The second-order valence-electron chi connectivity index (χ2n) is 4.62. The molecule has 1 aromatic rings. The quantitative estimate of drug-likeness (QED) is 0.414. The van der Waals surface area contributed by atoms with Gasteiger partial charge in [0.15, 0.2) is 15.8 Å². The first-order valence-electron chi connectivity index (χ1n) is 6.37. The number of non-ortho nitro benzene ring substituents is 1. The lowest BCUT2D eigenvalue weighted by atomic mass is 10.3. The smallest absolute Gasteiger partial charge is 0.269 e. The van der Waals surface area contributed by atoms with Gasteiger partial charge in [0.05, 0.1) is 22.1 Å². The first-order valence-corrected chi connectivity index (χ1v) is 8.02. The van der Waals surface area contributed by atoms with Crippen LogP contribution in [0.1, 0.15) is 0 Å². The molecule has 1 heterocycles. The maximum Gasteiger partial charge on any atom is 0.269 e. The van der Waals surface area contributed by atoms with Gasteiger partial charge in [-0.15, -0.1) is 24.0 Å². The number of hydrogen-bond donors (Lipinski definition) is 1. The molecular formula is C12H17IN4O4S. The third kappa shape index (κ3) is 4.53. The highest BCUT2D eigenvalue weighted by Crippen LogP contribution is 2.16. The average Bonchev–Trinajstić information content (AvgIpc) is 2.84. The maximum atomic E-state index is 12.1. The monoisotopic (exact) mass is 440 g/mol. The number of nitro benzene ring substituents is 1. The summed E-state index contributed by atoms with van der Waals surface area (Å²) in [5.41, 5.74) is -0.131. The van der Waals surface area contributed by atoms with Gasteiger partial charge in [0.25, 0.3) is 5.69 Å². The Morgan fingerprint density at radius 2 is 2.00 bits per heavy atom. The summed E-state index contributed by atoms with van der Waals surface area (Å²) in [4.78, 5) is 16.2. The molecule has 1 N–H and O–H groups in total. The molecule has 0 spiro atoms. The van der Waals surface area contributed by atoms with Crippen LogP contribution in [0.15, 0.2) is 34.2 Å². The van der Waals surface area contributed by atoms with E-state index in [1.54, 1.807) is 0 Å². The van der Waals surface area contributed by atoms with Gasteiger partial charge in [-0.05, 0) is 12.1 Å². The largest absolute Gasteiger partial charge is 0.355 e. The van der Waals surface area contributed by atoms with Crippen molar-refractivity contribution in [3.8, 4) is 0 Å². The van der Waals surface area contributed by atoms with Gasteiger partial charge in [0.1, 0.15) is 0 Å². The van der Waals surface area contributed by atoms with E-state index in [2.05, 4.69) is 10.3 Å². The van der Waals surface area contributed by atoms with Gasteiger partial charge in [-0.2, -0.15) is 0 Å². The van der Waals surface area contributed by atoms with Crippen molar-refractivity contribution in [1.82, 2.24) is 10.2 Å². The van der Waals surface area contributed by atoms with Crippen molar-refractivity contribution >= 4 is 45.5 Å². The lowest BCUT2D eigenvalue weighted by molar-refractivity contribution is -0.384. The number of sulfone groups is 1. The summed E-state index contributed by atoms with van der Waals surface area (Å²) in [6.07, 6.45) is 0. The zero-order chi connectivity index (χ0) is 15.5. The first-order chi connectivity index (χ1) is 9.90. The Labute approximate surface area is 145 Å². The number of hydrogen-bond acceptors (Lipinski definition) is 7. The summed E-state index contributed by atoms with van der Waals surface area (Å²) < 4.78 is 24.2. The van der Waals surface area contributed by atoms with Crippen molar-refractivity contribution in [2.24, 2.45) is 4.99 Å². The zero-order valence-electron chi connectivity index (χ0n) is 11.9. The average molecular weight is 440 g/mol. The highest BCUT2D eigenvalue weighted by Gasteiger charge is 2.17. The van der Waals surface area contributed by atoms with Crippen LogP contribution in [-0.4, -0.2) is 56.6 Å². The summed E-state index contributed by atoms with van der Waals surface area (Å²) in [5.74, 6) is 0.589. The van der Waals surface area contributed by atoms with E-state index in [-0.39, 0.29) is 46.9 Å². The van der Waals surface area contributed by atoms with E-state index in [0.29, 0.717) is 12.5 Å². The molecular weight excluding hydrogens is 423 g/mol. The standard InChI is InChI=1S/C12H16N4O4S.HI/c1-15-8-6-13-12(15)14-7-9-21(19,20)11-4-2-10(3-5-11)16(17)18;/h2-5H,6-9H2,1H3,(H,13,14);1H. The first kappa shape index (κ1) is 18.6. The second-order valence-corrected chi connectivity index (χ2v) is 6.73. The minimum Gasteiger partial charge on any atom is -0.355 e. The Morgan fingerprint density at radius 3 is 2.50 bits per heavy atom. The van der Waals surface area contributed by atoms with Crippen molar-refractivity contribution in [1.29, 1.82) is 0 Å². The molecule has 0 atom stereocenters. The van der Waals surface area contributed by atoms with Crippen LogP contribution in [0.2, 0.25) is 0 Å². The van der Waals surface area contributed by atoms with Crippen LogP contribution in [0.4, 0.5) is 5.69 Å². The van der Waals surface area contributed by atoms with E-state index in [9.17, 15) is 18.5 Å². The van der Waals surface area contributed by atoms with Gasteiger partial charge in [-0.25, -0.2) is 8.42 Å². The zero-order valence-corrected chi connectivity index (χ0v) is 15.1. The van der Waals surface area contributed by atoms with E-state index in [1.165, 1.54) is 24.3 Å². The number of nitrogens with one attached hydrogen (secondary N) is 1. The number of likely N-dealkylation sites (N-methyl/N-ethyl adjacent to an activating group) is 1. The summed E-state index contributed by atoms with van der Waals surface area (Å²) >= 11 is 0. The molecule has 10 heteroatoms. The molecule has 2 rings (SSSR count). The minimum atomic E-state index is -3.47. The number of aliphatic imine (C=N–C) groups is 1. The summed E-state index contributed by atoms with van der Waals surface area (Å²) in [6.45, 7) is 1.76. The van der Waals surface area contributed by atoms with Gasteiger partial charge >= 0.3 is 0 Å². The van der Waals surface area contributed by atoms with Gasteiger partial charge in [0, 0.05) is 32.3 Å². The second kappa shape index (κ2) is 7.72. The number of halogens is 1. The number of rotatable bonds is 5. The molecule has 8 nitrogen and oxygen atoms in total. The normalized spacial score (nSPS) is 14.2. The van der Waals surface area contributed by atoms with Crippen LogP contribution in [0.5, 0.6) is 0 Å². The van der Waals surface area contributed by atoms with E-state index in [4.69, 9.17) is 0 Å². The van der Waals surface area contributed by atoms with Gasteiger partial charge in [-0.1, -0.05) is 0 Å². The van der Waals surface area contributed by atoms with Crippen LogP contribution in [0, 0.1) is 10.1 Å². The molecule has 22 heavy (non-hydrogen) atoms. The van der Waals surface area contributed by atoms with E-state index in [1.807, 2.05) is 11.9 Å². The number of benzene rings is 1. The fraction of sp³-hybridized carbons (Fsp3) is 0.417. The predicted octanol–water partition coefficient (Wildman–Crippen LogP) is 0.878. The molecule has 0 aromatic heterocycles. The van der Waals surface area contributed by atoms with Crippen LogP contribution < -0.4 is 5.32 Å². The molecule has 0 unspecified atom stereocenters. The van der Waals surface area contributed by atoms with Gasteiger partial charge < -0.3 is 10.2 Å². The Bertz CT molecular complexity index is 660. The van der Waals surface area contributed by atoms with Crippen LogP contribution in [-0.2, 0) is 9.84 Å². The fourth-order valence-corrected chi connectivity index (χ4v) is 3.07. The molecule has 0 fully saturated rings. The van der Waals surface area contributed by atoms with Crippen LogP contribution in [0.25, 0.3) is 0 Å². The van der Waals surface area contributed by atoms with E-state index in [0.717, 1.165) is 6.54 Å². The predicted molar refractivity (Wildman–Crippen MR) is 93.5 cm³/mol. The molecule has 0 radical (unpaired) electrons. The van der Waals surface area contributed by atoms with Crippen molar-refractivity contribution in [2.45, 2.75) is 4.90 Å². The maximum absolute atomic E-state index is 12.1. The van der Waals surface area contributed by atoms with Crippen molar-refractivity contribution in [3.05, 3.63) is 34.4 Å². The molecule has 1 aliphatic rings. The summed E-state index contributed by atoms with van der Waals surface area (Å²) in [7, 11) is -1.59. The van der Waals surface area contributed by atoms with Crippen molar-refractivity contribution in [2.75, 3.05) is 32.4 Å². The van der Waals surface area contributed by atoms with E-state index < -0.39 is 14.8 Å². The highest BCUT2D eigenvalue weighted by molar-refractivity contribution is 14.0.